The van der Waals surface area contributed by atoms with E-state index >= 15 is 0 Å². The van der Waals surface area contributed by atoms with Gasteiger partial charge in [-0.15, -0.1) is 0 Å². The number of aliphatic hydroxyl groups is 1. The van der Waals surface area contributed by atoms with Gasteiger partial charge in [-0.1, -0.05) is 42.5 Å². The Morgan fingerprint density at radius 3 is 2.46 bits per heavy atom. The van der Waals surface area contributed by atoms with Crippen LogP contribution in [0.4, 0.5) is 0 Å². The molecule has 0 aromatic heterocycles. The Morgan fingerprint density at radius 1 is 1.09 bits per heavy atom. The summed E-state index contributed by atoms with van der Waals surface area (Å²) >= 11 is 0. The van der Waals surface area contributed by atoms with Crippen molar-refractivity contribution < 1.29 is 23.1 Å². The van der Waals surface area contributed by atoms with Gasteiger partial charge in [0.05, 0.1) is 19.3 Å². The van der Waals surface area contributed by atoms with Crippen LogP contribution in [0.1, 0.15) is 54.4 Å². The predicted octanol–water partition coefficient (Wildman–Crippen LogP) is 2.60. The molecule has 190 valence electrons. The molecule has 3 N–H and O–H groups in total. The molecule has 8 nitrogen and oxygen atoms in total. The van der Waals surface area contributed by atoms with E-state index in [1.807, 2.05) is 30.3 Å². The molecule has 1 aliphatic carbocycles. The summed E-state index contributed by atoms with van der Waals surface area (Å²) in [6.07, 6.45) is 4.25. The number of hydrogen-bond donors (Lipinski definition) is 3. The van der Waals surface area contributed by atoms with E-state index in [9.17, 15) is 18.3 Å². The van der Waals surface area contributed by atoms with Gasteiger partial charge in [0, 0.05) is 30.6 Å². The van der Waals surface area contributed by atoms with Crippen LogP contribution in [0.5, 0.6) is 5.75 Å². The van der Waals surface area contributed by atoms with Gasteiger partial charge in [-0.3, -0.25) is 4.79 Å². The van der Waals surface area contributed by atoms with E-state index in [1.165, 1.54) is 4.31 Å². The highest BCUT2D eigenvalue weighted by atomic mass is 32.2. The lowest BCUT2D eigenvalue weighted by Gasteiger charge is -2.41. The summed E-state index contributed by atoms with van der Waals surface area (Å²) in [6, 6.07) is 16.7. The van der Waals surface area contributed by atoms with E-state index in [1.54, 1.807) is 19.2 Å². The summed E-state index contributed by atoms with van der Waals surface area (Å²) in [4.78, 5) is 13.0. The maximum Gasteiger partial charge on any atom is 0.280 e. The minimum atomic E-state index is -3.65. The van der Waals surface area contributed by atoms with Crippen LogP contribution in [-0.2, 0) is 15.6 Å². The lowest BCUT2D eigenvalue weighted by Crippen LogP contribution is -2.51. The number of hydrogen-bond acceptors (Lipinski definition) is 5. The van der Waals surface area contributed by atoms with Crippen molar-refractivity contribution in [1.29, 1.82) is 0 Å². The molecule has 0 bridgehead atoms. The van der Waals surface area contributed by atoms with Crippen molar-refractivity contribution in [2.75, 3.05) is 26.8 Å². The quantitative estimate of drug-likeness (QED) is 0.490. The fraction of sp³-hybridized carbons (Fsp3) is 0.500. The normalized spacial score (nSPS) is 25.3. The van der Waals surface area contributed by atoms with Crippen LogP contribution in [-0.4, -0.2) is 62.6 Å². The first kappa shape index (κ1) is 25.6. The van der Waals surface area contributed by atoms with Gasteiger partial charge in [-0.2, -0.15) is 17.4 Å². The highest BCUT2D eigenvalue weighted by Crippen LogP contribution is 2.39. The molecule has 2 aliphatic rings. The summed E-state index contributed by atoms with van der Waals surface area (Å²) in [5.74, 6) is 0.338. The Kier molecular flexibility index (Phi) is 8.11. The molecule has 2 aromatic carbocycles. The molecule has 0 radical (unpaired) electrons. The number of methoxy groups -OCH3 is 1. The van der Waals surface area contributed by atoms with Gasteiger partial charge < -0.3 is 15.2 Å². The minimum absolute atomic E-state index is 0.158. The van der Waals surface area contributed by atoms with Crippen LogP contribution < -0.4 is 14.8 Å². The lowest BCUT2D eigenvalue weighted by molar-refractivity contribution is 0.0932. The third-order valence-electron chi connectivity index (χ3n) is 7.43. The van der Waals surface area contributed by atoms with Gasteiger partial charge in [0.25, 0.3) is 16.1 Å². The number of nitrogens with zero attached hydrogens (tertiary/aromatic N) is 1. The van der Waals surface area contributed by atoms with Gasteiger partial charge >= 0.3 is 0 Å². The largest absolute Gasteiger partial charge is 0.496 e. The minimum Gasteiger partial charge on any atom is -0.496 e. The van der Waals surface area contributed by atoms with Crippen LogP contribution >= 0.6 is 0 Å². The molecule has 1 heterocycles. The SMILES string of the molecule is COc1ccccc1C(=O)NC[C@]1(c2ccccc2)CC[C@H](NS(=O)(=O)N2CCC[C@@H]2CO)CC1. The summed E-state index contributed by atoms with van der Waals surface area (Å²) < 4.78 is 35.6. The highest BCUT2D eigenvalue weighted by Gasteiger charge is 2.40. The topological polar surface area (TPSA) is 108 Å². The number of amides is 1. The van der Waals surface area contributed by atoms with Gasteiger partial charge in [0.1, 0.15) is 5.75 Å². The van der Waals surface area contributed by atoms with E-state index in [0.29, 0.717) is 43.7 Å². The number of para-hydroxylation sites is 1. The second kappa shape index (κ2) is 11.1. The number of nitrogens with one attached hydrogen (secondary N) is 2. The van der Waals surface area contributed by atoms with Crippen LogP contribution in [0.25, 0.3) is 0 Å². The molecule has 2 fully saturated rings. The Balaban J connectivity index is 1.46. The average molecular weight is 502 g/mol. The second-order valence-electron chi connectivity index (χ2n) is 9.52. The lowest BCUT2D eigenvalue weighted by atomic mass is 9.68. The van der Waals surface area contributed by atoms with Crippen LogP contribution in [0.3, 0.4) is 0 Å². The maximum absolute atomic E-state index is 13.0. The smallest absolute Gasteiger partial charge is 0.280 e. The molecule has 1 amide bonds. The zero-order valence-electron chi connectivity index (χ0n) is 20.2. The number of benzene rings is 2. The molecule has 1 aliphatic heterocycles. The summed E-state index contributed by atoms with van der Waals surface area (Å²) in [6.45, 7) is 0.733. The predicted molar refractivity (Wildman–Crippen MR) is 135 cm³/mol. The summed E-state index contributed by atoms with van der Waals surface area (Å²) in [7, 11) is -2.11. The third-order valence-corrected chi connectivity index (χ3v) is 9.16. The molecule has 1 atom stereocenters. The number of carbonyl (C=O) groups excluding carboxylic acids is 1. The first-order valence-corrected chi connectivity index (χ1v) is 13.7. The Hall–Kier alpha value is -2.46. The highest BCUT2D eigenvalue weighted by molar-refractivity contribution is 7.87. The zero-order chi connectivity index (χ0) is 24.9. The fourth-order valence-electron chi connectivity index (χ4n) is 5.41. The van der Waals surface area contributed by atoms with E-state index in [4.69, 9.17) is 4.74 Å². The standard InChI is InChI=1S/C26H35N3O5S/c1-34-24-12-6-5-11-23(24)25(31)27-19-26(20-8-3-2-4-9-20)15-13-21(14-16-26)28-35(32,33)29-17-7-10-22(29)18-30/h2-6,8-9,11-12,21-22,28,30H,7,10,13-19H2,1H3,(H,27,31)/t21-,22-,26-/m1/s1. The molecule has 35 heavy (non-hydrogen) atoms. The van der Waals surface area contributed by atoms with E-state index in [0.717, 1.165) is 24.8 Å². The second-order valence-corrected chi connectivity index (χ2v) is 11.2. The monoisotopic (exact) mass is 501 g/mol. The molecular formula is C26H35N3O5S. The van der Waals surface area contributed by atoms with Crippen LogP contribution in [0.15, 0.2) is 54.6 Å². The molecular weight excluding hydrogens is 466 g/mol. The number of ether oxygens (including phenoxy) is 1. The molecule has 0 spiro atoms. The molecule has 0 unspecified atom stereocenters. The third kappa shape index (κ3) is 5.69. The van der Waals surface area contributed by atoms with Crippen molar-refractivity contribution in [2.24, 2.45) is 0 Å². The molecule has 1 saturated carbocycles. The van der Waals surface area contributed by atoms with Crippen molar-refractivity contribution >= 4 is 16.1 Å². The zero-order valence-corrected chi connectivity index (χ0v) is 21.0. The Labute approximate surface area is 207 Å². The molecule has 9 heteroatoms. The molecule has 1 saturated heterocycles. The molecule has 4 rings (SSSR count). The van der Waals surface area contributed by atoms with E-state index < -0.39 is 10.2 Å². The van der Waals surface area contributed by atoms with Crippen molar-refractivity contribution in [2.45, 2.75) is 56.0 Å². The van der Waals surface area contributed by atoms with Gasteiger partial charge in [0.15, 0.2) is 0 Å². The summed E-state index contributed by atoms with van der Waals surface area (Å²) in [5, 5.41) is 12.7. The number of aliphatic hydroxyl groups excluding tert-OH is 1. The number of rotatable bonds is 9. The summed E-state index contributed by atoms with van der Waals surface area (Å²) in [5.41, 5.74) is 1.34. The van der Waals surface area contributed by atoms with Crippen molar-refractivity contribution in [3.8, 4) is 5.75 Å². The Bertz CT molecular complexity index is 1100. The van der Waals surface area contributed by atoms with E-state index in [-0.39, 0.29) is 30.0 Å². The van der Waals surface area contributed by atoms with Gasteiger partial charge in [-0.25, -0.2) is 0 Å². The van der Waals surface area contributed by atoms with Crippen molar-refractivity contribution in [3.63, 3.8) is 0 Å². The number of carbonyl (C=O) groups is 1. The van der Waals surface area contributed by atoms with Crippen LogP contribution in [0, 0.1) is 0 Å². The maximum atomic E-state index is 13.0. The average Bonchev–Trinajstić information content (AvgIpc) is 3.39. The Morgan fingerprint density at radius 2 is 1.77 bits per heavy atom. The first-order valence-electron chi connectivity index (χ1n) is 12.3. The molecule has 2 aromatic rings. The van der Waals surface area contributed by atoms with Crippen molar-refractivity contribution in [3.05, 3.63) is 65.7 Å². The van der Waals surface area contributed by atoms with Gasteiger partial charge in [0.2, 0.25) is 0 Å². The van der Waals surface area contributed by atoms with Crippen molar-refractivity contribution in [1.82, 2.24) is 14.3 Å². The first-order chi connectivity index (χ1) is 16.9. The fourth-order valence-corrected chi connectivity index (χ4v) is 7.14. The van der Waals surface area contributed by atoms with E-state index in [2.05, 4.69) is 22.2 Å². The van der Waals surface area contributed by atoms with Crippen LogP contribution in [0.2, 0.25) is 0 Å². The van der Waals surface area contributed by atoms with Gasteiger partial charge in [-0.05, 0) is 56.2 Å².